The van der Waals surface area contributed by atoms with E-state index < -0.39 is 0 Å². The Balaban J connectivity index is 2.26. The van der Waals surface area contributed by atoms with Crippen LogP contribution in [-0.2, 0) is 11.3 Å². The van der Waals surface area contributed by atoms with E-state index in [1.165, 1.54) is 0 Å². The summed E-state index contributed by atoms with van der Waals surface area (Å²) in [4.78, 5) is 3.94. The Hall–Kier alpha value is -1.13. The molecule has 90 valence electrons. The minimum atomic E-state index is -0.0370. The maximum absolute atomic E-state index is 9.05. The van der Waals surface area contributed by atoms with E-state index in [-0.39, 0.29) is 6.61 Å². The molecule has 4 heteroatoms. The number of rotatable bonds is 7. The molecule has 0 amide bonds. The fourth-order valence-corrected chi connectivity index (χ4v) is 1.20. The monoisotopic (exact) mass is 225 g/mol. The Morgan fingerprint density at radius 3 is 2.88 bits per heavy atom. The normalized spacial score (nSPS) is 10.8. The molecule has 0 saturated heterocycles. The second kappa shape index (κ2) is 7.19. The summed E-state index contributed by atoms with van der Waals surface area (Å²) in [6.07, 6.45) is 3.24. The van der Waals surface area contributed by atoms with Crippen LogP contribution in [0.15, 0.2) is 18.5 Å². The van der Waals surface area contributed by atoms with Gasteiger partial charge in [0.2, 0.25) is 0 Å². The van der Waals surface area contributed by atoms with Crippen molar-refractivity contribution in [3.05, 3.63) is 24.0 Å². The van der Waals surface area contributed by atoms with E-state index in [9.17, 15) is 0 Å². The lowest BCUT2D eigenvalue weighted by Gasteiger charge is -2.10. The fourth-order valence-electron chi connectivity index (χ4n) is 1.20. The third-order valence-electron chi connectivity index (χ3n) is 1.98. The molecule has 0 aliphatic rings. The number of pyridine rings is 1. The van der Waals surface area contributed by atoms with E-state index in [2.05, 4.69) is 18.8 Å². The lowest BCUT2D eigenvalue weighted by Crippen LogP contribution is -2.11. The van der Waals surface area contributed by atoms with Gasteiger partial charge in [-0.1, -0.05) is 13.8 Å². The van der Waals surface area contributed by atoms with Gasteiger partial charge in [0, 0.05) is 18.4 Å². The van der Waals surface area contributed by atoms with E-state index in [0.29, 0.717) is 24.9 Å². The van der Waals surface area contributed by atoms with Crippen molar-refractivity contribution < 1.29 is 14.6 Å². The van der Waals surface area contributed by atoms with Crippen LogP contribution in [0.3, 0.4) is 0 Å². The predicted octanol–water partition coefficient (Wildman–Crippen LogP) is 1.63. The molecule has 0 fully saturated rings. The highest BCUT2D eigenvalue weighted by molar-refractivity contribution is 5.28. The second-order valence-electron chi connectivity index (χ2n) is 3.96. The lowest BCUT2D eigenvalue weighted by atomic mass is 10.2. The maximum atomic E-state index is 9.05. The van der Waals surface area contributed by atoms with E-state index >= 15 is 0 Å². The summed E-state index contributed by atoms with van der Waals surface area (Å²) in [5.74, 6) is 1.16. The molecule has 4 nitrogen and oxygen atoms in total. The molecule has 0 aliphatic heterocycles. The van der Waals surface area contributed by atoms with Gasteiger partial charge in [-0.3, -0.25) is 4.98 Å². The van der Waals surface area contributed by atoms with Gasteiger partial charge in [-0.25, -0.2) is 0 Å². The van der Waals surface area contributed by atoms with Crippen LogP contribution in [0.2, 0.25) is 0 Å². The molecule has 1 aromatic rings. The molecule has 0 unspecified atom stereocenters. The Morgan fingerprint density at radius 2 is 2.19 bits per heavy atom. The van der Waals surface area contributed by atoms with Crippen LogP contribution in [0.25, 0.3) is 0 Å². The lowest BCUT2D eigenvalue weighted by molar-refractivity contribution is 0.0811. The number of aliphatic hydroxyl groups is 1. The second-order valence-corrected chi connectivity index (χ2v) is 3.96. The van der Waals surface area contributed by atoms with Gasteiger partial charge in [-0.05, 0) is 12.0 Å². The van der Waals surface area contributed by atoms with Gasteiger partial charge in [0.15, 0.2) is 0 Å². The van der Waals surface area contributed by atoms with Gasteiger partial charge in [-0.2, -0.15) is 0 Å². The minimum absolute atomic E-state index is 0.0370. The van der Waals surface area contributed by atoms with Crippen molar-refractivity contribution in [1.29, 1.82) is 0 Å². The number of ether oxygens (including phenoxy) is 2. The van der Waals surface area contributed by atoms with Gasteiger partial charge in [-0.15, -0.1) is 0 Å². The molecule has 1 rings (SSSR count). The molecule has 0 bridgehead atoms. The molecular formula is C12H19NO3. The van der Waals surface area contributed by atoms with E-state index in [0.717, 1.165) is 12.2 Å². The van der Waals surface area contributed by atoms with Crippen molar-refractivity contribution in [2.45, 2.75) is 20.5 Å². The first-order valence-corrected chi connectivity index (χ1v) is 5.48. The molecule has 1 aromatic heterocycles. The van der Waals surface area contributed by atoms with Crippen LogP contribution in [0.5, 0.6) is 5.75 Å². The van der Waals surface area contributed by atoms with Crippen molar-refractivity contribution >= 4 is 0 Å². The zero-order chi connectivity index (χ0) is 11.8. The third kappa shape index (κ3) is 4.59. The van der Waals surface area contributed by atoms with Crippen LogP contribution in [0.4, 0.5) is 0 Å². The summed E-state index contributed by atoms with van der Waals surface area (Å²) in [7, 11) is 0. The Bertz CT molecular complexity index is 302. The largest absolute Gasteiger partial charge is 0.489 e. The molecule has 16 heavy (non-hydrogen) atoms. The highest BCUT2D eigenvalue weighted by atomic mass is 16.5. The zero-order valence-electron chi connectivity index (χ0n) is 9.85. The smallest absolute Gasteiger partial charge is 0.143 e. The van der Waals surface area contributed by atoms with E-state index in [1.54, 1.807) is 18.5 Å². The standard InChI is InChI=1S/C12H19NO3/c1-10(2)9-15-5-6-16-12-7-13-4-3-11(12)8-14/h3-4,7,10,14H,5-6,8-9H2,1-2H3. The molecule has 1 N–H and O–H groups in total. The average molecular weight is 225 g/mol. The van der Waals surface area contributed by atoms with Crippen molar-refractivity contribution in [3.8, 4) is 5.75 Å². The first-order chi connectivity index (χ1) is 7.74. The summed E-state index contributed by atoms with van der Waals surface area (Å²) in [5.41, 5.74) is 0.749. The number of nitrogens with zero attached hydrogens (tertiary/aromatic N) is 1. The number of hydrogen-bond donors (Lipinski definition) is 1. The van der Waals surface area contributed by atoms with Crippen LogP contribution >= 0.6 is 0 Å². The summed E-state index contributed by atoms with van der Waals surface area (Å²) in [6, 6.07) is 1.74. The van der Waals surface area contributed by atoms with Crippen molar-refractivity contribution in [2.75, 3.05) is 19.8 Å². The van der Waals surface area contributed by atoms with Crippen LogP contribution < -0.4 is 4.74 Å². The molecule has 0 atom stereocenters. The summed E-state index contributed by atoms with van der Waals surface area (Å²) < 4.78 is 10.8. The highest BCUT2D eigenvalue weighted by Gasteiger charge is 2.01. The first kappa shape index (κ1) is 12.9. The topological polar surface area (TPSA) is 51.6 Å². The van der Waals surface area contributed by atoms with E-state index in [4.69, 9.17) is 14.6 Å². The van der Waals surface area contributed by atoms with Crippen molar-refractivity contribution in [2.24, 2.45) is 5.92 Å². The quantitative estimate of drug-likeness (QED) is 0.716. The average Bonchev–Trinajstić information content (AvgIpc) is 2.29. The van der Waals surface area contributed by atoms with Gasteiger partial charge in [0.05, 0.1) is 19.4 Å². The van der Waals surface area contributed by atoms with Crippen LogP contribution in [0.1, 0.15) is 19.4 Å². The summed E-state index contributed by atoms with van der Waals surface area (Å²) >= 11 is 0. The molecule has 0 aliphatic carbocycles. The molecule has 1 heterocycles. The van der Waals surface area contributed by atoms with Crippen LogP contribution in [-0.4, -0.2) is 29.9 Å². The third-order valence-corrected chi connectivity index (χ3v) is 1.98. The maximum Gasteiger partial charge on any atom is 0.143 e. The SMILES string of the molecule is CC(C)COCCOc1cnccc1CO. The molecule has 0 radical (unpaired) electrons. The Kier molecular flexibility index (Phi) is 5.82. The van der Waals surface area contributed by atoms with E-state index in [1.807, 2.05) is 0 Å². The molecular weight excluding hydrogens is 206 g/mol. The fraction of sp³-hybridized carbons (Fsp3) is 0.583. The minimum Gasteiger partial charge on any atom is -0.489 e. The zero-order valence-corrected chi connectivity index (χ0v) is 9.85. The summed E-state index contributed by atoms with van der Waals surface area (Å²) in [5, 5.41) is 9.05. The predicted molar refractivity (Wildman–Crippen MR) is 61.3 cm³/mol. The van der Waals surface area contributed by atoms with Crippen molar-refractivity contribution in [3.63, 3.8) is 0 Å². The molecule has 0 saturated carbocycles. The number of aromatic nitrogens is 1. The Morgan fingerprint density at radius 1 is 1.38 bits per heavy atom. The molecule has 0 aromatic carbocycles. The highest BCUT2D eigenvalue weighted by Crippen LogP contribution is 2.15. The van der Waals surface area contributed by atoms with Gasteiger partial charge in [0.25, 0.3) is 0 Å². The number of hydrogen-bond acceptors (Lipinski definition) is 4. The first-order valence-electron chi connectivity index (χ1n) is 5.48. The molecule has 0 spiro atoms. The van der Waals surface area contributed by atoms with Gasteiger partial charge >= 0.3 is 0 Å². The van der Waals surface area contributed by atoms with Crippen LogP contribution in [0, 0.1) is 5.92 Å². The Labute approximate surface area is 96.2 Å². The number of aliphatic hydroxyl groups excluding tert-OH is 1. The van der Waals surface area contributed by atoms with Crippen molar-refractivity contribution in [1.82, 2.24) is 4.98 Å². The van der Waals surface area contributed by atoms with Gasteiger partial charge < -0.3 is 14.6 Å². The van der Waals surface area contributed by atoms with Gasteiger partial charge in [0.1, 0.15) is 12.4 Å². The summed E-state index contributed by atoms with van der Waals surface area (Å²) in [6.45, 7) is 5.94.